The Morgan fingerprint density at radius 3 is 2.30 bits per heavy atom. The first-order valence-electron chi connectivity index (χ1n) is 6.11. The van der Waals surface area contributed by atoms with Crippen molar-refractivity contribution in [3.8, 4) is 11.3 Å². The molecule has 0 spiro atoms. The van der Waals surface area contributed by atoms with E-state index in [-0.39, 0.29) is 22.0 Å². The highest BCUT2D eigenvalue weighted by atomic mass is 35.5. The summed E-state index contributed by atoms with van der Waals surface area (Å²) < 4.78 is 28.4. The van der Waals surface area contributed by atoms with Gasteiger partial charge in [-0.1, -0.05) is 31.2 Å². The Hall–Kier alpha value is -1.46. The summed E-state index contributed by atoms with van der Waals surface area (Å²) in [6.45, 7) is 5.88. The molecule has 0 bridgehead atoms. The van der Waals surface area contributed by atoms with Crippen LogP contribution in [0.3, 0.4) is 0 Å². The summed E-state index contributed by atoms with van der Waals surface area (Å²) in [5.41, 5.74) is 6.31. The summed E-state index contributed by atoms with van der Waals surface area (Å²) in [6.07, 6.45) is 1.33. The van der Waals surface area contributed by atoms with Gasteiger partial charge in [0, 0.05) is 11.8 Å². The molecule has 0 saturated carbocycles. The fourth-order valence-corrected chi connectivity index (χ4v) is 3.37. The van der Waals surface area contributed by atoms with E-state index in [1.165, 1.54) is 24.4 Å². The average Bonchev–Trinajstić information content (AvgIpc) is 2.34. The zero-order chi connectivity index (χ0) is 15.1. The molecular formula is C14H15ClF2N2Si. The van der Waals surface area contributed by atoms with Gasteiger partial charge in [0.15, 0.2) is 0 Å². The van der Waals surface area contributed by atoms with Crippen molar-refractivity contribution in [2.45, 2.75) is 19.6 Å². The number of nitrogens with two attached hydrogens (primary N) is 1. The second-order valence-electron chi connectivity index (χ2n) is 5.65. The van der Waals surface area contributed by atoms with Crippen molar-refractivity contribution < 1.29 is 8.78 Å². The zero-order valence-electron chi connectivity index (χ0n) is 11.5. The van der Waals surface area contributed by atoms with Gasteiger partial charge in [0.25, 0.3) is 0 Å². The molecule has 106 valence electrons. The van der Waals surface area contributed by atoms with Crippen LogP contribution in [0.2, 0.25) is 24.7 Å². The Balaban J connectivity index is 2.59. The predicted octanol–water partition coefficient (Wildman–Crippen LogP) is 3.81. The molecule has 0 atom stereocenters. The van der Waals surface area contributed by atoms with Crippen LogP contribution in [-0.4, -0.2) is 13.1 Å². The van der Waals surface area contributed by atoms with Gasteiger partial charge in [0.1, 0.15) is 11.6 Å². The number of nitrogen functional groups attached to an aromatic ring is 1. The molecule has 2 rings (SSSR count). The minimum Gasteiger partial charge on any atom is -0.397 e. The SMILES string of the molecule is C[Si](C)(C)c1cc(F)c(-c2cc(N)c(Cl)cn2)cc1F. The minimum absolute atomic E-state index is 0.0906. The van der Waals surface area contributed by atoms with Crippen LogP contribution in [0.5, 0.6) is 0 Å². The van der Waals surface area contributed by atoms with Gasteiger partial charge >= 0.3 is 0 Å². The third-order valence-corrected chi connectivity index (χ3v) is 5.34. The number of anilines is 1. The van der Waals surface area contributed by atoms with E-state index < -0.39 is 19.7 Å². The summed E-state index contributed by atoms with van der Waals surface area (Å²) in [7, 11) is -1.93. The Morgan fingerprint density at radius 2 is 1.75 bits per heavy atom. The lowest BCUT2D eigenvalue weighted by Gasteiger charge is -2.18. The molecule has 1 aromatic heterocycles. The summed E-state index contributed by atoms with van der Waals surface area (Å²) >= 11 is 5.77. The van der Waals surface area contributed by atoms with Crippen LogP contribution in [-0.2, 0) is 0 Å². The second kappa shape index (κ2) is 5.14. The number of hydrogen-bond acceptors (Lipinski definition) is 2. The molecule has 2 nitrogen and oxygen atoms in total. The lowest BCUT2D eigenvalue weighted by Crippen LogP contribution is -2.40. The first-order valence-corrected chi connectivity index (χ1v) is 9.99. The molecule has 20 heavy (non-hydrogen) atoms. The molecule has 1 heterocycles. The molecule has 1 aromatic carbocycles. The van der Waals surface area contributed by atoms with Crippen molar-refractivity contribution in [1.82, 2.24) is 4.98 Å². The van der Waals surface area contributed by atoms with Crippen LogP contribution in [0.15, 0.2) is 24.4 Å². The van der Waals surface area contributed by atoms with E-state index in [0.717, 1.165) is 0 Å². The van der Waals surface area contributed by atoms with Crippen molar-refractivity contribution in [2.75, 3.05) is 5.73 Å². The van der Waals surface area contributed by atoms with Crippen LogP contribution in [0.1, 0.15) is 0 Å². The molecule has 0 fully saturated rings. The number of aromatic nitrogens is 1. The average molecular weight is 313 g/mol. The topological polar surface area (TPSA) is 38.9 Å². The standard InChI is InChI=1S/C14H15ClF2N2Si/c1-20(2,3)14-5-10(16)8(4-11(14)17)13-6-12(18)9(15)7-19-13/h4-7H,1-3H3,(H2,18,19). The monoisotopic (exact) mass is 312 g/mol. The number of rotatable bonds is 2. The van der Waals surface area contributed by atoms with Crippen molar-refractivity contribution in [3.63, 3.8) is 0 Å². The maximum Gasteiger partial charge on any atom is 0.132 e. The van der Waals surface area contributed by atoms with E-state index in [4.69, 9.17) is 17.3 Å². The number of benzene rings is 1. The third-order valence-electron chi connectivity index (χ3n) is 3.03. The second-order valence-corrected chi connectivity index (χ2v) is 11.1. The summed E-state index contributed by atoms with van der Waals surface area (Å²) in [6, 6.07) is 3.89. The highest BCUT2D eigenvalue weighted by Gasteiger charge is 2.23. The van der Waals surface area contributed by atoms with Crippen molar-refractivity contribution in [3.05, 3.63) is 41.1 Å². The van der Waals surface area contributed by atoms with E-state index in [0.29, 0.717) is 5.19 Å². The first-order chi connectivity index (χ1) is 9.20. The maximum atomic E-state index is 14.2. The van der Waals surface area contributed by atoms with Crippen LogP contribution >= 0.6 is 11.6 Å². The molecule has 0 amide bonds. The van der Waals surface area contributed by atoms with Gasteiger partial charge in [0.05, 0.1) is 24.5 Å². The summed E-state index contributed by atoms with van der Waals surface area (Å²) in [5, 5.41) is 0.744. The van der Waals surface area contributed by atoms with Gasteiger partial charge in [0.2, 0.25) is 0 Å². The van der Waals surface area contributed by atoms with Crippen LogP contribution < -0.4 is 10.9 Å². The zero-order valence-corrected chi connectivity index (χ0v) is 13.2. The smallest absolute Gasteiger partial charge is 0.132 e. The minimum atomic E-state index is -1.93. The maximum absolute atomic E-state index is 14.2. The first kappa shape index (κ1) is 14.9. The molecule has 0 aliphatic carbocycles. The molecule has 6 heteroatoms. The molecule has 0 unspecified atom stereocenters. The van der Waals surface area contributed by atoms with Gasteiger partial charge < -0.3 is 5.73 Å². The van der Waals surface area contributed by atoms with Gasteiger partial charge in [-0.05, 0) is 23.4 Å². The normalized spacial score (nSPS) is 11.7. The number of halogens is 3. The lowest BCUT2D eigenvalue weighted by atomic mass is 10.1. The van der Waals surface area contributed by atoms with E-state index in [2.05, 4.69) is 4.98 Å². The molecule has 0 saturated heterocycles. The Kier molecular flexibility index (Phi) is 3.84. The Bertz CT molecular complexity index is 669. The quantitative estimate of drug-likeness (QED) is 0.856. The van der Waals surface area contributed by atoms with E-state index >= 15 is 0 Å². The lowest BCUT2D eigenvalue weighted by molar-refractivity contribution is 0.608. The largest absolute Gasteiger partial charge is 0.397 e. The number of pyridine rings is 1. The van der Waals surface area contributed by atoms with Crippen LogP contribution in [0.25, 0.3) is 11.3 Å². The van der Waals surface area contributed by atoms with Gasteiger partial charge in [-0.2, -0.15) is 0 Å². The Morgan fingerprint density at radius 1 is 1.10 bits per heavy atom. The molecule has 0 aliphatic rings. The predicted molar refractivity (Wildman–Crippen MR) is 82.0 cm³/mol. The summed E-state index contributed by atoms with van der Waals surface area (Å²) in [4.78, 5) is 4.00. The van der Waals surface area contributed by atoms with Gasteiger partial charge in [-0.15, -0.1) is 0 Å². The Labute approximate surface area is 122 Å². The van der Waals surface area contributed by atoms with Crippen molar-refractivity contribution in [1.29, 1.82) is 0 Å². The van der Waals surface area contributed by atoms with E-state index in [9.17, 15) is 8.78 Å². The van der Waals surface area contributed by atoms with E-state index in [1.54, 1.807) is 0 Å². The fourth-order valence-electron chi connectivity index (χ4n) is 1.92. The molecule has 0 aliphatic heterocycles. The van der Waals surface area contributed by atoms with Gasteiger partial charge in [-0.3, -0.25) is 4.98 Å². The van der Waals surface area contributed by atoms with Crippen LogP contribution in [0.4, 0.5) is 14.5 Å². The molecule has 2 N–H and O–H groups in total. The van der Waals surface area contributed by atoms with Crippen molar-refractivity contribution >= 4 is 30.5 Å². The third kappa shape index (κ3) is 2.83. The molecule has 2 aromatic rings. The van der Waals surface area contributed by atoms with Crippen molar-refractivity contribution in [2.24, 2.45) is 0 Å². The number of hydrogen-bond donors (Lipinski definition) is 1. The van der Waals surface area contributed by atoms with Gasteiger partial charge in [-0.25, -0.2) is 8.78 Å². The molecular weight excluding hydrogens is 298 g/mol. The van der Waals surface area contributed by atoms with E-state index in [1.807, 2.05) is 19.6 Å². The number of nitrogens with zero attached hydrogens (tertiary/aromatic N) is 1. The summed E-state index contributed by atoms with van der Waals surface area (Å²) in [5.74, 6) is -0.908. The highest BCUT2D eigenvalue weighted by molar-refractivity contribution is 6.88. The van der Waals surface area contributed by atoms with Crippen LogP contribution in [0, 0.1) is 11.6 Å². The fraction of sp³-hybridized carbons (Fsp3) is 0.214. The molecule has 0 radical (unpaired) electrons. The highest BCUT2D eigenvalue weighted by Crippen LogP contribution is 2.27.